The van der Waals surface area contributed by atoms with Crippen LogP contribution in [0.1, 0.15) is 44.6 Å². The van der Waals surface area contributed by atoms with Crippen LogP contribution in [0.3, 0.4) is 0 Å². The first kappa shape index (κ1) is 25.5. The van der Waals surface area contributed by atoms with Crippen molar-refractivity contribution in [3.63, 3.8) is 0 Å². The minimum atomic E-state index is 0. The average Bonchev–Trinajstić information content (AvgIpc) is 2.53. The zero-order chi connectivity index (χ0) is 17.8. The van der Waals surface area contributed by atoms with E-state index in [4.69, 9.17) is 4.98 Å². The first-order valence-corrected chi connectivity index (χ1v) is 8.60. The minimum Gasteiger partial charge on any atom is -0.358 e. The molecule has 1 heterocycles. The summed E-state index contributed by atoms with van der Waals surface area (Å²) < 4.78 is 0. The molecule has 1 nitrogen and oxygen atoms in total. The summed E-state index contributed by atoms with van der Waals surface area (Å²) in [5.74, 6) is 0. The van der Waals surface area contributed by atoms with Crippen molar-refractivity contribution in [1.29, 1.82) is 0 Å². The Hall–Kier alpha value is -1.50. The molecule has 0 aliphatic rings. The number of pyridine rings is 1. The van der Waals surface area contributed by atoms with Crippen molar-refractivity contribution >= 4 is 10.8 Å². The SMILES string of the molecule is Cc1[c-]c(-c2nc(C)c(C)c3c(C)c(C)c(C)cc23)cc(C)c1C.[CH3-].[CH3-].[Ir+3]. The third kappa shape index (κ3) is 4.18. The Morgan fingerprint density at radius 1 is 0.704 bits per heavy atom. The van der Waals surface area contributed by atoms with Gasteiger partial charge in [-0.2, -0.15) is 0 Å². The number of rotatable bonds is 1. The Balaban J connectivity index is 0.00000225. The number of fused-ring (bicyclic) bond motifs is 1. The maximum atomic E-state index is 4.96. The number of aromatic nitrogens is 1. The Bertz CT molecular complexity index is 961. The second-order valence-corrected chi connectivity index (χ2v) is 7.15. The molecule has 3 aromatic rings. The maximum absolute atomic E-state index is 4.96. The molecule has 146 valence electrons. The van der Waals surface area contributed by atoms with Gasteiger partial charge in [-0.25, -0.2) is 0 Å². The quantitative estimate of drug-likeness (QED) is 0.302. The van der Waals surface area contributed by atoms with Crippen LogP contribution in [0.15, 0.2) is 12.1 Å². The predicted octanol–water partition coefficient (Wildman–Crippen LogP) is 7.07. The molecular formula is C25H32IrN. The van der Waals surface area contributed by atoms with Gasteiger partial charge in [-0.1, -0.05) is 26.8 Å². The third-order valence-electron chi connectivity index (χ3n) is 5.70. The smallest absolute Gasteiger partial charge is 0.358 e. The van der Waals surface area contributed by atoms with Crippen LogP contribution in [0.4, 0.5) is 0 Å². The van der Waals surface area contributed by atoms with Gasteiger partial charge < -0.3 is 19.8 Å². The van der Waals surface area contributed by atoms with E-state index in [9.17, 15) is 0 Å². The summed E-state index contributed by atoms with van der Waals surface area (Å²) in [5, 5.41) is 2.60. The molecule has 3 rings (SSSR count). The van der Waals surface area contributed by atoms with Crippen LogP contribution in [-0.2, 0) is 20.1 Å². The summed E-state index contributed by atoms with van der Waals surface area (Å²) in [5.41, 5.74) is 12.5. The molecule has 0 spiro atoms. The Labute approximate surface area is 180 Å². The van der Waals surface area contributed by atoms with Gasteiger partial charge in [0.05, 0.1) is 0 Å². The summed E-state index contributed by atoms with van der Waals surface area (Å²) in [6.07, 6.45) is 0. The van der Waals surface area contributed by atoms with Gasteiger partial charge in [0.1, 0.15) is 0 Å². The number of benzene rings is 2. The van der Waals surface area contributed by atoms with Gasteiger partial charge in [0.25, 0.3) is 0 Å². The second kappa shape index (κ2) is 9.13. The molecule has 0 aliphatic heterocycles. The van der Waals surface area contributed by atoms with Crippen LogP contribution in [0.5, 0.6) is 0 Å². The molecule has 1 aromatic heterocycles. The molecule has 0 bridgehead atoms. The molecule has 0 fully saturated rings. The van der Waals surface area contributed by atoms with Gasteiger partial charge in [0.15, 0.2) is 0 Å². The largest absolute Gasteiger partial charge is 3.00 e. The van der Waals surface area contributed by atoms with Crippen LogP contribution < -0.4 is 0 Å². The van der Waals surface area contributed by atoms with Crippen molar-refractivity contribution in [2.24, 2.45) is 0 Å². The van der Waals surface area contributed by atoms with Crippen LogP contribution in [0.2, 0.25) is 0 Å². The third-order valence-corrected chi connectivity index (χ3v) is 5.70. The summed E-state index contributed by atoms with van der Waals surface area (Å²) in [6, 6.07) is 8.08. The number of hydrogen-bond donors (Lipinski definition) is 0. The molecule has 2 aromatic carbocycles. The molecule has 27 heavy (non-hydrogen) atoms. The van der Waals surface area contributed by atoms with Crippen LogP contribution in [0, 0.1) is 76.3 Å². The van der Waals surface area contributed by atoms with Crippen molar-refractivity contribution in [3.05, 3.63) is 77.7 Å². The number of nitrogens with zero attached hydrogens (tertiary/aromatic N) is 1. The van der Waals surface area contributed by atoms with Crippen molar-refractivity contribution in [1.82, 2.24) is 4.98 Å². The Morgan fingerprint density at radius 2 is 1.26 bits per heavy atom. The van der Waals surface area contributed by atoms with Gasteiger partial charge in [-0.05, 0) is 73.3 Å². The van der Waals surface area contributed by atoms with Crippen molar-refractivity contribution in [2.75, 3.05) is 0 Å². The molecule has 2 heteroatoms. The van der Waals surface area contributed by atoms with Crippen LogP contribution in [0.25, 0.3) is 22.0 Å². The fraction of sp³-hybridized carbons (Fsp3) is 0.320. The molecule has 0 amide bonds. The summed E-state index contributed by atoms with van der Waals surface area (Å²) >= 11 is 0. The van der Waals surface area contributed by atoms with Gasteiger partial charge in [0.2, 0.25) is 0 Å². The zero-order valence-electron chi connectivity index (χ0n) is 18.4. The molecule has 0 atom stereocenters. The van der Waals surface area contributed by atoms with E-state index in [1.54, 1.807) is 0 Å². The summed E-state index contributed by atoms with van der Waals surface area (Å²) in [4.78, 5) is 4.96. The normalized spacial score (nSPS) is 10.1. The molecule has 0 aliphatic carbocycles. The van der Waals surface area contributed by atoms with Crippen LogP contribution in [-0.4, -0.2) is 4.98 Å². The number of aryl methyl sites for hydroxylation is 6. The predicted molar refractivity (Wildman–Crippen MR) is 117 cm³/mol. The molecule has 0 saturated heterocycles. The minimum absolute atomic E-state index is 0. The summed E-state index contributed by atoms with van der Waals surface area (Å²) in [6.45, 7) is 17.4. The van der Waals surface area contributed by atoms with E-state index in [-0.39, 0.29) is 35.0 Å². The van der Waals surface area contributed by atoms with E-state index in [0.29, 0.717) is 0 Å². The summed E-state index contributed by atoms with van der Waals surface area (Å²) in [7, 11) is 0. The van der Waals surface area contributed by atoms with E-state index in [2.05, 4.69) is 73.6 Å². The van der Waals surface area contributed by atoms with E-state index in [0.717, 1.165) is 17.0 Å². The van der Waals surface area contributed by atoms with Gasteiger partial charge in [0, 0.05) is 5.69 Å². The molecule has 0 unspecified atom stereocenters. The van der Waals surface area contributed by atoms with E-state index in [1.165, 1.54) is 49.7 Å². The van der Waals surface area contributed by atoms with Crippen LogP contribution >= 0.6 is 0 Å². The molecule has 0 saturated carbocycles. The fourth-order valence-corrected chi connectivity index (χ4v) is 3.53. The zero-order valence-corrected chi connectivity index (χ0v) is 20.8. The first-order chi connectivity index (χ1) is 11.2. The topological polar surface area (TPSA) is 12.9 Å². The van der Waals surface area contributed by atoms with Crippen molar-refractivity contribution in [2.45, 2.75) is 55.4 Å². The van der Waals surface area contributed by atoms with Gasteiger partial charge in [-0.15, -0.1) is 34.4 Å². The average molecular weight is 539 g/mol. The molecule has 0 radical (unpaired) electrons. The standard InChI is InChI=1S/C23H26N.2CH3.Ir/c1-12-9-20(10-13(2)15(12)4)23-21-11-14(3)16(5)17(6)22(21)18(7)19(8)24-23;;;/h9,11H,1-8H3;2*1H3;/q3*-1;+3. The van der Waals surface area contributed by atoms with E-state index < -0.39 is 0 Å². The monoisotopic (exact) mass is 539 g/mol. The molecule has 0 N–H and O–H groups in total. The molecular weight excluding hydrogens is 506 g/mol. The first-order valence-electron chi connectivity index (χ1n) is 8.60. The van der Waals surface area contributed by atoms with E-state index >= 15 is 0 Å². The van der Waals surface area contributed by atoms with Crippen molar-refractivity contribution in [3.8, 4) is 11.3 Å². The van der Waals surface area contributed by atoms with Crippen molar-refractivity contribution < 1.29 is 20.1 Å². The van der Waals surface area contributed by atoms with Gasteiger partial charge in [-0.3, -0.25) is 0 Å². The Morgan fingerprint density at radius 3 is 1.81 bits per heavy atom. The Kier molecular flexibility index (Phi) is 8.62. The fourth-order valence-electron chi connectivity index (χ4n) is 3.53. The van der Waals surface area contributed by atoms with Gasteiger partial charge >= 0.3 is 20.1 Å². The maximum Gasteiger partial charge on any atom is 3.00 e. The van der Waals surface area contributed by atoms with E-state index in [1.807, 2.05) is 0 Å². The number of hydrogen-bond acceptors (Lipinski definition) is 1. The second-order valence-electron chi connectivity index (χ2n) is 7.15.